The lowest BCUT2D eigenvalue weighted by atomic mass is 10.0. The van der Waals surface area contributed by atoms with E-state index in [0.717, 1.165) is 16.8 Å². The molecule has 3 rings (SSSR count). The second-order valence-corrected chi connectivity index (χ2v) is 6.69. The van der Waals surface area contributed by atoms with E-state index in [4.69, 9.17) is 20.9 Å². The molecule has 0 N–H and O–H groups in total. The quantitative estimate of drug-likeness (QED) is 0.852. The van der Waals surface area contributed by atoms with Gasteiger partial charge in [-0.1, -0.05) is 28.9 Å². The SMILES string of the molecule is Cc1noc(C)c1CC(=O)N1C[C@@H](c2cccc(Cl)c2)OC[C@H]1C. The van der Waals surface area contributed by atoms with E-state index < -0.39 is 0 Å². The minimum Gasteiger partial charge on any atom is -0.370 e. The van der Waals surface area contributed by atoms with Crippen LogP contribution < -0.4 is 0 Å². The highest BCUT2D eigenvalue weighted by Crippen LogP contribution is 2.27. The molecule has 24 heavy (non-hydrogen) atoms. The van der Waals surface area contributed by atoms with E-state index >= 15 is 0 Å². The number of amides is 1. The maximum Gasteiger partial charge on any atom is 0.227 e. The highest BCUT2D eigenvalue weighted by atomic mass is 35.5. The van der Waals surface area contributed by atoms with Crippen LogP contribution in [0.3, 0.4) is 0 Å². The van der Waals surface area contributed by atoms with Gasteiger partial charge in [-0.15, -0.1) is 0 Å². The number of ether oxygens (including phenoxy) is 1. The third-order valence-corrected chi connectivity index (χ3v) is 4.72. The fourth-order valence-electron chi connectivity index (χ4n) is 3.02. The molecule has 1 amide bonds. The number of carbonyl (C=O) groups is 1. The number of rotatable bonds is 3. The maximum atomic E-state index is 12.8. The summed E-state index contributed by atoms with van der Waals surface area (Å²) in [5.74, 6) is 0.764. The molecule has 0 unspecified atom stereocenters. The van der Waals surface area contributed by atoms with Crippen molar-refractivity contribution in [3.8, 4) is 0 Å². The zero-order valence-electron chi connectivity index (χ0n) is 14.1. The van der Waals surface area contributed by atoms with E-state index in [-0.39, 0.29) is 18.1 Å². The van der Waals surface area contributed by atoms with E-state index in [1.807, 2.05) is 49.9 Å². The first-order valence-corrected chi connectivity index (χ1v) is 8.41. The van der Waals surface area contributed by atoms with Gasteiger partial charge in [0.15, 0.2) is 0 Å². The smallest absolute Gasteiger partial charge is 0.227 e. The van der Waals surface area contributed by atoms with Crippen LogP contribution in [0, 0.1) is 13.8 Å². The molecule has 0 radical (unpaired) electrons. The molecule has 1 aliphatic heterocycles. The lowest BCUT2D eigenvalue weighted by Crippen LogP contribution is -2.48. The summed E-state index contributed by atoms with van der Waals surface area (Å²) in [6.07, 6.45) is 0.141. The van der Waals surface area contributed by atoms with E-state index in [1.165, 1.54) is 0 Å². The van der Waals surface area contributed by atoms with E-state index in [9.17, 15) is 4.79 Å². The van der Waals surface area contributed by atoms with E-state index in [1.54, 1.807) is 0 Å². The normalized spacial score (nSPS) is 21.1. The molecule has 1 aromatic heterocycles. The Bertz CT molecular complexity index is 724. The molecule has 2 aromatic rings. The van der Waals surface area contributed by atoms with Crippen molar-refractivity contribution in [3.63, 3.8) is 0 Å². The number of hydrogen-bond acceptors (Lipinski definition) is 4. The van der Waals surface area contributed by atoms with Crippen molar-refractivity contribution < 1.29 is 14.1 Å². The Morgan fingerprint density at radius 3 is 2.88 bits per heavy atom. The summed E-state index contributed by atoms with van der Waals surface area (Å²) in [6, 6.07) is 7.63. The lowest BCUT2D eigenvalue weighted by Gasteiger charge is -2.38. The van der Waals surface area contributed by atoms with Gasteiger partial charge in [0.05, 0.1) is 31.3 Å². The average molecular weight is 349 g/mol. The van der Waals surface area contributed by atoms with Crippen molar-refractivity contribution in [1.29, 1.82) is 0 Å². The zero-order chi connectivity index (χ0) is 17.3. The number of halogens is 1. The van der Waals surface area contributed by atoms with Crippen LogP contribution in [0.25, 0.3) is 0 Å². The first kappa shape index (κ1) is 17.0. The largest absolute Gasteiger partial charge is 0.370 e. The third kappa shape index (κ3) is 3.47. The third-order valence-electron chi connectivity index (χ3n) is 4.48. The molecule has 128 valence electrons. The Kier molecular flexibility index (Phi) is 4.92. The van der Waals surface area contributed by atoms with Crippen molar-refractivity contribution in [2.45, 2.75) is 39.3 Å². The van der Waals surface area contributed by atoms with Gasteiger partial charge in [-0.2, -0.15) is 0 Å². The number of aromatic nitrogens is 1. The monoisotopic (exact) mass is 348 g/mol. The van der Waals surface area contributed by atoms with E-state index in [0.29, 0.717) is 30.4 Å². The van der Waals surface area contributed by atoms with Gasteiger partial charge >= 0.3 is 0 Å². The van der Waals surface area contributed by atoms with Crippen LogP contribution in [-0.2, 0) is 16.0 Å². The second-order valence-electron chi connectivity index (χ2n) is 6.25. The predicted molar refractivity (Wildman–Crippen MR) is 91.0 cm³/mol. The van der Waals surface area contributed by atoms with Gasteiger partial charge in [0.2, 0.25) is 5.91 Å². The van der Waals surface area contributed by atoms with E-state index in [2.05, 4.69) is 5.16 Å². The van der Waals surface area contributed by atoms with Crippen LogP contribution in [0.1, 0.15) is 35.6 Å². The molecule has 1 aromatic carbocycles. The highest BCUT2D eigenvalue weighted by molar-refractivity contribution is 6.30. The molecule has 0 saturated carbocycles. The molecular weight excluding hydrogens is 328 g/mol. The van der Waals surface area contributed by atoms with Gasteiger partial charge < -0.3 is 14.2 Å². The zero-order valence-corrected chi connectivity index (χ0v) is 14.8. The molecule has 2 heterocycles. The van der Waals surface area contributed by atoms with Gasteiger partial charge in [0.25, 0.3) is 0 Å². The second kappa shape index (κ2) is 6.95. The molecule has 6 heteroatoms. The Morgan fingerprint density at radius 1 is 1.42 bits per heavy atom. The fraction of sp³-hybridized carbons (Fsp3) is 0.444. The molecule has 1 fully saturated rings. The Hall–Kier alpha value is -1.85. The number of morpholine rings is 1. The van der Waals surface area contributed by atoms with Crippen LogP contribution in [0.5, 0.6) is 0 Å². The van der Waals surface area contributed by atoms with Crippen LogP contribution in [0.4, 0.5) is 0 Å². The fourth-order valence-corrected chi connectivity index (χ4v) is 3.22. The van der Waals surface area contributed by atoms with Crippen molar-refractivity contribution in [3.05, 3.63) is 51.9 Å². The molecule has 0 aliphatic carbocycles. The number of nitrogens with zero attached hydrogens (tertiary/aromatic N) is 2. The molecule has 0 spiro atoms. The predicted octanol–water partition coefficient (Wildman–Crippen LogP) is 3.48. The van der Waals surface area contributed by atoms with Crippen molar-refractivity contribution in [2.75, 3.05) is 13.2 Å². The summed E-state index contributed by atoms with van der Waals surface area (Å²) < 4.78 is 11.1. The Morgan fingerprint density at radius 2 is 2.21 bits per heavy atom. The molecule has 5 nitrogen and oxygen atoms in total. The molecule has 0 bridgehead atoms. The minimum absolute atomic E-state index is 0.0356. The summed E-state index contributed by atoms with van der Waals surface area (Å²) in [4.78, 5) is 14.7. The molecular formula is C18H21ClN2O3. The van der Waals surface area contributed by atoms with Crippen molar-refractivity contribution >= 4 is 17.5 Å². The standard InChI is InChI=1S/C18H21ClN2O3/c1-11-10-23-17(14-5-4-6-15(19)7-14)9-21(11)18(22)8-16-12(2)20-24-13(16)3/h4-7,11,17H,8-10H2,1-3H3/t11-,17+/m1/s1. The van der Waals surface area contributed by atoms with Crippen molar-refractivity contribution in [2.24, 2.45) is 0 Å². The van der Waals surface area contributed by atoms with Crippen LogP contribution >= 0.6 is 11.6 Å². The molecule has 2 atom stereocenters. The van der Waals surface area contributed by atoms with Crippen LogP contribution in [0.15, 0.2) is 28.8 Å². The number of benzene rings is 1. The lowest BCUT2D eigenvalue weighted by molar-refractivity contribution is -0.143. The Balaban J connectivity index is 1.75. The van der Waals surface area contributed by atoms with Gasteiger partial charge in [-0.3, -0.25) is 4.79 Å². The maximum absolute atomic E-state index is 12.8. The summed E-state index contributed by atoms with van der Waals surface area (Å²) >= 11 is 6.07. The average Bonchev–Trinajstić information content (AvgIpc) is 2.87. The molecule has 1 aliphatic rings. The summed E-state index contributed by atoms with van der Waals surface area (Å²) in [5, 5.41) is 4.59. The first-order chi connectivity index (χ1) is 11.5. The van der Waals surface area contributed by atoms with Gasteiger partial charge in [0, 0.05) is 10.6 Å². The first-order valence-electron chi connectivity index (χ1n) is 8.04. The molecule has 1 saturated heterocycles. The topological polar surface area (TPSA) is 55.6 Å². The minimum atomic E-state index is -0.159. The number of aryl methyl sites for hydroxylation is 2. The summed E-state index contributed by atoms with van der Waals surface area (Å²) in [5.41, 5.74) is 2.63. The summed E-state index contributed by atoms with van der Waals surface area (Å²) in [7, 11) is 0. The van der Waals surface area contributed by atoms with Crippen molar-refractivity contribution in [1.82, 2.24) is 10.1 Å². The van der Waals surface area contributed by atoms with Crippen LogP contribution in [-0.4, -0.2) is 35.2 Å². The number of carbonyl (C=O) groups excluding carboxylic acids is 1. The van der Waals surface area contributed by atoms with Crippen LogP contribution in [0.2, 0.25) is 5.02 Å². The van der Waals surface area contributed by atoms with Gasteiger partial charge in [0.1, 0.15) is 11.9 Å². The summed E-state index contributed by atoms with van der Waals surface area (Å²) in [6.45, 7) is 6.71. The number of hydrogen-bond donors (Lipinski definition) is 0. The Labute approximate surface area is 146 Å². The van der Waals surface area contributed by atoms with Gasteiger partial charge in [-0.05, 0) is 38.5 Å². The highest BCUT2D eigenvalue weighted by Gasteiger charge is 2.31. The van der Waals surface area contributed by atoms with Gasteiger partial charge in [-0.25, -0.2) is 0 Å².